The van der Waals surface area contributed by atoms with Gasteiger partial charge in [-0.3, -0.25) is 4.79 Å². The second kappa shape index (κ2) is 8.71. The lowest BCUT2D eigenvalue weighted by molar-refractivity contribution is 0.102. The maximum Gasteiger partial charge on any atom is 0.267 e. The lowest BCUT2D eigenvalue weighted by Gasteiger charge is -2.08. The number of anilines is 1. The molecule has 0 aliphatic rings. The average molecular weight is 471 g/mol. The largest absolute Gasteiger partial charge is 0.486 e. The summed E-state index contributed by atoms with van der Waals surface area (Å²) in [5, 5.41) is 4.12. The van der Waals surface area contributed by atoms with Crippen LogP contribution >= 0.6 is 34.5 Å². The molecule has 0 bridgehead atoms. The molecule has 0 saturated heterocycles. The van der Waals surface area contributed by atoms with Crippen molar-refractivity contribution in [3.05, 3.63) is 68.1 Å². The second-order valence-electron chi connectivity index (χ2n) is 6.13. The number of ether oxygens (including phenoxy) is 1. The van der Waals surface area contributed by atoms with Crippen LogP contribution in [0.4, 0.5) is 5.69 Å². The Bertz CT molecular complexity index is 1160. The normalized spacial score (nSPS) is 11.3. The molecule has 0 aliphatic heterocycles. The van der Waals surface area contributed by atoms with Crippen molar-refractivity contribution < 1.29 is 17.9 Å². The lowest BCUT2D eigenvalue weighted by atomic mass is 10.3. The number of hydrogen-bond donors (Lipinski definition) is 1. The standard InChI is InChI=1S/C19H16Cl2N2O4S2/c1-11-18(28-17(22-11)10-27-13-5-3-12(20)4-6-13)19(24)23-16-9-14(29(2,25)26)7-8-15(16)21/h3-9H,10H2,1-2H3,(H,23,24). The Morgan fingerprint density at radius 2 is 1.86 bits per heavy atom. The van der Waals surface area contributed by atoms with Gasteiger partial charge in [0.15, 0.2) is 9.84 Å². The SMILES string of the molecule is Cc1nc(COc2ccc(Cl)cc2)sc1C(=O)Nc1cc(S(C)(=O)=O)ccc1Cl. The zero-order chi connectivity index (χ0) is 21.2. The van der Waals surface area contributed by atoms with Gasteiger partial charge in [-0.1, -0.05) is 23.2 Å². The first-order valence-electron chi connectivity index (χ1n) is 8.29. The number of hydrogen-bond acceptors (Lipinski definition) is 6. The number of aryl methyl sites for hydroxylation is 1. The summed E-state index contributed by atoms with van der Waals surface area (Å²) in [4.78, 5) is 17.5. The fourth-order valence-electron chi connectivity index (χ4n) is 2.41. The van der Waals surface area contributed by atoms with Gasteiger partial charge in [0.2, 0.25) is 0 Å². The molecule has 0 fully saturated rings. The summed E-state index contributed by atoms with van der Waals surface area (Å²) in [6.07, 6.45) is 1.09. The summed E-state index contributed by atoms with van der Waals surface area (Å²) >= 11 is 13.1. The van der Waals surface area contributed by atoms with E-state index in [0.29, 0.717) is 26.4 Å². The molecule has 2 aromatic carbocycles. The summed E-state index contributed by atoms with van der Waals surface area (Å²) < 4.78 is 29.1. The minimum absolute atomic E-state index is 0.0651. The van der Waals surface area contributed by atoms with E-state index >= 15 is 0 Å². The fourth-order valence-corrected chi connectivity index (χ4v) is 4.22. The Morgan fingerprint density at radius 1 is 1.17 bits per heavy atom. The predicted octanol–water partition coefficient (Wildman–Crippen LogP) is 4.99. The van der Waals surface area contributed by atoms with E-state index in [1.807, 2.05) is 0 Å². The van der Waals surface area contributed by atoms with Crippen molar-refractivity contribution >= 4 is 56.0 Å². The van der Waals surface area contributed by atoms with Crippen LogP contribution in [-0.4, -0.2) is 25.6 Å². The first-order valence-corrected chi connectivity index (χ1v) is 11.8. The number of sulfone groups is 1. The first kappa shape index (κ1) is 21.6. The zero-order valence-electron chi connectivity index (χ0n) is 15.4. The van der Waals surface area contributed by atoms with Crippen molar-refractivity contribution in [1.29, 1.82) is 0 Å². The summed E-state index contributed by atoms with van der Waals surface area (Å²) in [5.74, 6) is 0.211. The summed E-state index contributed by atoms with van der Waals surface area (Å²) in [7, 11) is -3.43. The van der Waals surface area contributed by atoms with E-state index < -0.39 is 15.7 Å². The van der Waals surface area contributed by atoms with Gasteiger partial charge in [-0.25, -0.2) is 13.4 Å². The molecule has 10 heteroatoms. The molecule has 0 saturated carbocycles. The maximum atomic E-state index is 12.7. The number of nitrogens with one attached hydrogen (secondary N) is 1. The number of halogens is 2. The molecule has 6 nitrogen and oxygen atoms in total. The molecule has 1 heterocycles. The van der Waals surface area contributed by atoms with Crippen LogP contribution in [0.1, 0.15) is 20.4 Å². The van der Waals surface area contributed by atoms with Gasteiger partial charge in [-0.15, -0.1) is 11.3 Å². The smallest absolute Gasteiger partial charge is 0.267 e. The number of rotatable bonds is 6. The van der Waals surface area contributed by atoms with Crippen molar-refractivity contribution in [2.45, 2.75) is 18.4 Å². The third kappa shape index (κ3) is 5.48. The molecule has 3 rings (SSSR count). The summed E-state index contributed by atoms with van der Waals surface area (Å²) in [6, 6.07) is 11.1. The molecule has 29 heavy (non-hydrogen) atoms. The topological polar surface area (TPSA) is 85.4 Å². The van der Waals surface area contributed by atoms with Crippen LogP contribution in [0.15, 0.2) is 47.4 Å². The molecular formula is C19H16Cl2N2O4S2. The Kier molecular flexibility index (Phi) is 6.48. The number of amides is 1. The van der Waals surface area contributed by atoms with E-state index in [2.05, 4.69) is 10.3 Å². The van der Waals surface area contributed by atoms with Gasteiger partial charge in [0.1, 0.15) is 22.2 Å². The average Bonchev–Trinajstić information content (AvgIpc) is 3.03. The van der Waals surface area contributed by atoms with E-state index in [1.165, 1.54) is 29.5 Å². The van der Waals surface area contributed by atoms with Crippen molar-refractivity contribution in [3.63, 3.8) is 0 Å². The highest BCUT2D eigenvalue weighted by Gasteiger charge is 2.18. The Morgan fingerprint density at radius 3 is 2.52 bits per heavy atom. The van der Waals surface area contributed by atoms with Crippen LogP contribution in [-0.2, 0) is 16.4 Å². The number of nitrogens with zero attached hydrogens (tertiary/aromatic N) is 1. The van der Waals surface area contributed by atoms with Gasteiger partial charge in [0.05, 0.1) is 21.3 Å². The third-order valence-corrected chi connectivity index (χ3v) is 6.66. The van der Waals surface area contributed by atoms with Crippen molar-refractivity contribution in [1.82, 2.24) is 4.98 Å². The highest BCUT2D eigenvalue weighted by molar-refractivity contribution is 7.90. The fraction of sp³-hybridized carbons (Fsp3) is 0.158. The second-order valence-corrected chi connectivity index (χ2v) is 10.1. The number of carbonyl (C=O) groups is 1. The van der Waals surface area contributed by atoms with Gasteiger partial charge in [0.25, 0.3) is 5.91 Å². The van der Waals surface area contributed by atoms with Crippen LogP contribution in [0.5, 0.6) is 5.75 Å². The van der Waals surface area contributed by atoms with Crippen LogP contribution < -0.4 is 10.1 Å². The molecule has 3 aromatic rings. The Balaban J connectivity index is 1.74. The number of benzene rings is 2. The first-order chi connectivity index (χ1) is 13.6. The highest BCUT2D eigenvalue weighted by atomic mass is 35.5. The predicted molar refractivity (Wildman–Crippen MR) is 115 cm³/mol. The van der Waals surface area contributed by atoms with Gasteiger partial charge in [-0.2, -0.15) is 0 Å². The molecule has 152 valence electrons. The van der Waals surface area contributed by atoms with Crippen LogP contribution in [0.3, 0.4) is 0 Å². The summed E-state index contributed by atoms with van der Waals surface area (Å²) in [5.41, 5.74) is 0.754. The maximum absolute atomic E-state index is 12.7. The van der Waals surface area contributed by atoms with Crippen molar-refractivity contribution in [3.8, 4) is 5.75 Å². The molecular weight excluding hydrogens is 455 g/mol. The number of aromatic nitrogens is 1. The van der Waals surface area contributed by atoms with Gasteiger partial charge < -0.3 is 10.1 Å². The third-order valence-electron chi connectivity index (χ3n) is 3.84. The minimum Gasteiger partial charge on any atom is -0.486 e. The lowest BCUT2D eigenvalue weighted by Crippen LogP contribution is -2.12. The van der Waals surface area contributed by atoms with Crippen LogP contribution in [0, 0.1) is 6.92 Å². The van der Waals surface area contributed by atoms with Gasteiger partial charge >= 0.3 is 0 Å². The van der Waals surface area contributed by atoms with E-state index in [9.17, 15) is 13.2 Å². The quantitative estimate of drug-likeness (QED) is 0.547. The van der Waals surface area contributed by atoms with Gasteiger partial charge in [0, 0.05) is 11.3 Å². The molecule has 1 amide bonds. The molecule has 0 aliphatic carbocycles. The highest BCUT2D eigenvalue weighted by Crippen LogP contribution is 2.27. The van der Waals surface area contributed by atoms with E-state index in [0.717, 1.165) is 6.26 Å². The van der Waals surface area contributed by atoms with E-state index in [4.69, 9.17) is 27.9 Å². The van der Waals surface area contributed by atoms with E-state index in [1.54, 1.807) is 31.2 Å². The van der Waals surface area contributed by atoms with Gasteiger partial charge in [-0.05, 0) is 49.4 Å². The molecule has 0 unspecified atom stereocenters. The van der Waals surface area contributed by atoms with Crippen LogP contribution in [0.25, 0.3) is 0 Å². The van der Waals surface area contributed by atoms with Crippen molar-refractivity contribution in [2.75, 3.05) is 11.6 Å². The molecule has 0 radical (unpaired) electrons. The molecule has 0 spiro atoms. The summed E-state index contributed by atoms with van der Waals surface area (Å²) in [6.45, 7) is 1.91. The Hall–Kier alpha value is -2.13. The minimum atomic E-state index is -3.43. The Labute approximate surface area is 182 Å². The zero-order valence-corrected chi connectivity index (χ0v) is 18.5. The monoisotopic (exact) mass is 470 g/mol. The van der Waals surface area contributed by atoms with E-state index in [-0.39, 0.29) is 22.2 Å². The molecule has 1 aromatic heterocycles. The molecule has 1 N–H and O–H groups in total. The molecule has 0 atom stereocenters. The number of carbonyl (C=O) groups excluding carboxylic acids is 1. The van der Waals surface area contributed by atoms with Crippen LogP contribution in [0.2, 0.25) is 10.0 Å². The van der Waals surface area contributed by atoms with Crippen molar-refractivity contribution in [2.24, 2.45) is 0 Å². The number of thiazole rings is 1.